The van der Waals surface area contributed by atoms with Crippen molar-refractivity contribution in [2.75, 3.05) is 31.7 Å². The van der Waals surface area contributed by atoms with Gasteiger partial charge in [0.25, 0.3) is 10.2 Å². The highest BCUT2D eigenvalue weighted by molar-refractivity contribution is 7.92. The Morgan fingerprint density at radius 1 is 1.44 bits per heavy atom. The fourth-order valence-corrected chi connectivity index (χ4v) is 5.40. The van der Waals surface area contributed by atoms with E-state index in [1.807, 2.05) is 0 Å². The first-order valence-electron chi connectivity index (χ1n) is 5.67. The number of hydrogen-bond donors (Lipinski definition) is 2. The van der Waals surface area contributed by atoms with Crippen molar-refractivity contribution >= 4 is 20.0 Å². The summed E-state index contributed by atoms with van der Waals surface area (Å²) in [7, 11) is -5.48. The smallest absolute Gasteiger partial charge is 0.279 e. The van der Waals surface area contributed by atoms with E-state index in [1.54, 1.807) is 6.92 Å². The van der Waals surface area contributed by atoms with Gasteiger partial charge >= 0.3 is 0 Å². The Hall–Kier alpha value is -0.220. The summed E-state index contributed by atoms with van der Waals surface area (Å²) in [6.07, 6.45) is 0.620. The van der Waals surface area contributed by atoms with Crippen molar-refractivity contribution in [3.63, 3.8) is 0 Å². The van der Waals surface area contributed by atoms with E-state index in [0.29, 0.717) is 6.42 Å². The van der Waals surface area contributed by atoms with Crippen LogP contribution in [-0.2, 0) is 20.0 Å². The normalized spacial score (nSPS) is 27.8. The second-order valence-electron chi connectivity index (χ2n) is 4.91. The largest absolute Gasteiger partial charge is 0.396 e. The van der Waals surface area contributed by atoms with Crippen LogP contribution < -0.4 is 4.72 Å². The molecule has 108 valence electrons. The summed E-state index contributed by atoms with van der Waals surface area (Å²) in [6.45, 7) is 1.69. The Morgan fingerprint density at radius 3 is 2.50 bits per heavy atom. The third kappa shape index (κ3) is 4.16. The molecule has 1 heterocycles. The van der Waals surface area contributed by atoms with Gasteiger partial charge in [-0.25, -0.2) is 8.42 Å². The average Bonchev–Trinajstić information content (AvgIpc) is 2.48. The summed E-state index contributed by atoms with van der Waals surface area (Å²) in [6, 6.07) is 0. The van der Waals surface area contributed by atoms with E-state index in [4.69, 9.17) is 5.11 Å². The predicted octanol–water partition coefficient (Wildman–Crippen LogP) is -1.29. The molecule has 0 bridgehead atoms. The number of nitrogens with zero attached hydrogens (tertiary/aromatic N) is 1. The molecule has 0 aromatic rings. The van der Waals surface area contributed by atoms with E-state index < -0.39 is 25.6 Å². The summed E-state index contributed by atoms with van der Waals surface area (Å²) < 4.78 is 50.2. The number of sulfone groups is 1. The molecule has 0 amide bonds. The first-order valence-corrected chi connectivity index (χ1v) is 8.93. The molecule has 9 heteroatoms. The van der Waals surface area contributed by atoms with E-state index >= 15 is 0 Å². The Balaban J connectivity index is 2.72. The maximum atomic E-state index is 11.9. The quantitative estimate of drug-likeness (QED) is 0.635. The molecule has 18 heavy (non-hydrogen) atoms. The van der Waals surface area contributed by atoms with Crippen LogP contribution in [0, 0.1) is 0 Å². The number of hydrogen-bond acceptors (Lipinski definition) is 5. The summed E-state index contributed by atoms with van der Waals surface area (Å²) in [4.78, 5) is 0. The number of rotatable bonds is 6. The molecular formula is C9H20N2O5S2. The molecule has 1 saturated heterocycles. The van der Waals surface area contributed by atoms with Crippen LogP contribution in [0.1, 0.15) is 19.8 Å². The van der Waals surface area contributed by atoms with Crippen molar-refractivity contribution in [1.29, 1.82) is 0 Å². The molecule has 1 aliphatic heterocycles. The van der Waals surface area contributed by atoms with Crippen molar-refractivity contribution in [3.05, 3.63) is 0 Å². The Morgan fingerprint density at radius 2 is 2.06 bits per heavy atom. The minimum atomic E-state index is -3.72. The zero-order chi connectivity index (χ0) is 14.0. The molecule has 1 atom stereocenters. The standard InChI is InChI=1S/C9H20N2O5S2/c1-9(4-7-17(13,14)8-9)10-18(15,16)11(2)5-3-6-12/h10,12H,3-8H2,1-2H3. The lowest BCUT2D eigenvalue weighted by atomic mass is 10.0. The van der Waals surface area contributed by atoms with E-state index in [2.05, 4.69) is 4.72 Å². The van der Waals surface area contributed by atoms with E-state index in [9.17, 15) is 16.8 Å². The minimum absolute atomic E-state index is 0.00632. The zero-order valence-electron chi connectivity index (χ0n) is 10.6. The van der Waals surface area contributed by atoms with Gasteiger partial charge in [-0.15, -0.1) is 0 Å². The van der Waals surface area contributed by atoms with Crippen molar-refractivity contribution in [1.82, 2.24) is 9.03 Å². The monoisotopic (exact) mass is 300 g/mol. The van der Waals surface area contributed by atoms with E-state index in [1.165, 1.54) is 7.05 Å². The fraction of sp³-hybridized carbons (Fsp3) is 1.00. The topological polar surface area (TPSA) is 104 Å². The minimum Gasteiger partial charge on any atom is -0.396 e. The van der Waals surface area contributed by atoms with Crippen LogP contribution in [0.4, 0.5) is 0 Å². The second kappa shape index (κ2) is 5.41. The summed E-state index contributed by atoms with van der Waals surface area (Å²) >= 11 is 0. The van der Waals surface area contributed by atoms with Crippen molar-refractivity contribution in [2.45, 2.75) is 25.3 Å². The van der Waals surface area contributed by atoms with Gasteiger partial charge in [0, 0.05) is 25.7 Å². The second-order valence-corrected chi connectivity index (χ2v) is 8.87. The first kappa shape index (κ1) is 15.8. The van der Waals surface area contributed by atoms with Gasteiger partial charge in [0.1, 0.15) is 0 Å². The fourth-order valence-electron chi connectivity index (χ4n) is 1.89. The summed E-state index contributed by atoms with van der Waals surface area (Å²) in [5.41, 5.74) is -0.939. The molecule has 0 aliphatic carbocycles. The SMILES string of the molecule is CN(CCCO)S(=O)(=O)NC1(C)CCS(=O)(=O)C1. The van der Waals surface area contributed by atoms with Crippen LogP contribution in [0.2, 0.25) is 0 Å². The lowest BCUT2D eigenvalue weighted by molar-refractivity contribution is 0.274. The number of nitrogens with one attached hydrogen (secondary N) is 1. The van der Waals surface area contributed by atoms with Gasteiger partial charge in [-0.05, 0) is 19.8 Å². The zero-order valence-corrected chi connectivity index (χ0v) is 12.2. The molecule has 1 fully saturated rings. The highest BCUT2D eigenvalue weighted by atomic mass is 32.2. The average molecular weight is 300 g/mol. The van der Waals surface area contributed by atoms with Gasteiger partial charge in [0.2, 0.25) is 0 Å². The first-order chi connectivity index (χ1) is 8.10. The molecule has 1 aliphatic rings. The van der Waals surface area contributed by atoms with Crippen LogP contribution in [0.5, 0.6) is 0 Å². The summed E-state index contributed by atoms with van der Waals surface area (Å²) in [5.74, 6) is -0.167. The molecule has 0 radical (unpaired) electrons. The van der Waals surface area contributed by atoms with Gasteiger partial charge < -0.3 is 5.11 Å². The molecule has 0 saturated carbocycles. The van der Waals surface area contributed by atoms with Gasteiger partial charge in [-0.2, -0.15) is 17.4 Å². The molecule has 2 N–H and O–H groups in total. The molecule has 7 nitrogen and oxygen atoms in total. The summed E-state index contributed by atoms with van der Waals surface area (Å²) in [5, 5.41) is 8.66. The molecule has 1 unspecified atom stereocenters. The van der Waals surface area contributed by atoms with Crippen molar-refractivity contribution in [2.24, 2.45) is 0 Å². The van der Waals surface area contributed by atoms with Crippen LogP contribution in [0.15, 0.2) is 0 Å². The molecular weight excluding hydrogens is 280 g/mol. The Labute approximate surface area is 108 Å². The van der Waals surface area contributed by atoms with Crippen LogP contribution in [0.25, 0.3) is 0 Å². The third-order valence-electron chi connectivity index (χ3n) is 2.92. The van der Waals surface area contributed by atoms with Gasteiger partial charge in [-0.3, -0.25) is 0 Å². The molecule has 1 rings (SSSR count). The molecule has 0 spiro atoms. The highest BCUT2D eigenvalue weighted by Crippen LogP contribution is 2.24. The highest BCUT2D eigenvalue weighted by Gasteiger charge is 2.41. The molecule has 0 aromatic heterocycles. The Bertz CT molecular complexity index is 487. The Kier molecular flexibility index (Phi) is 4.76. The van der Waals surface area contributed by atoms with Crippen LogP contribution in [0.3, 0.4) is 0 Å². The van der Waals surface area contributed by atoms with Crippen molar-refractivity contribution in [3.8, 4) is 0 Å². The third-order valence-corrected chi connectivity index (χ3v) is 6.58. The van der Waals surface area contributed by atoms with E-state index in [-0.39, 0.29) is 31.1 Å². The maximum absolute atomic E-state index is 11.9. The predicted molar refractivity (Wildman–Crippen MR) is 68.1 cm³/mol. The van der Waals surface area contributed by atoms with Gasteiger partial charge in [0.15, 0.2) is 9.84 Å². The lowest BCUT2D eigenvalue weighted by Gasteiger charge is -2.27. The lowest BCUT2D eigenvalue weighted by Crippen LogP contribution is -2.51. The van der Waals surface area contributed by atoms with Gasteiger partial charge in [-0.1, -0.05) is 0 Å². The van der Waals surface area contributed by atoms with E-state index in [0.717, 1.165) is 4.31 Å². The van der Waals surface area contributed by atoms with Gasteiger partial charge in [0.05, 0.1) is 11.5 Å². The number of aliphatic hydroxyl groups is 1. The van der Waals surface area contributed by atoms with Crippen LogP contribution >= 0.6 is 0 Å². The maximum Gasteiger partial charge on any atom is 0.279 e. The molecule has 0 aromatic carbocycles. The number of aliphatic hydroxyl groups excluding tert-OH is 1. The van der Waals surface area contributed by atoms with Crippen LogP contribution in [-0.4, -0.2) is 63.5 Å². The van der Waals surface area contributed by atoms with Crippen molar-refractivity contribution < 1.29 is 21.9 Å².